The highest BCUT2D eigenvalue weighted by atomic mass is 32.2. The molecule has 43 heavy (non-hydrogen) atoms. The summed E-state index contributed by atoms with van der Waals surface area (Å²) < 4.78 is 26.5. The van der Waals surface area contributed by atoms with Crippen molar-refractivity contribution in [2.24, 2.45) is 28.7 Å². The first-order valence-electron chi connectivity index (χ1n) is 16.5. The maximum atomic E-state index is 13.2. The number of carbonyl (C=O) groups is 2. The van der Waals surface area contributed by atoms with Crippen LogP contribution >= 0.6 is 11.8 Å². The van der Waals surface area contributed by atoms with Gasteiger partial charge in [0.05, 0.1) is 5.69 Å². The van der Waals surface area contributed by atoms with Crippen LogP contribution in [0.2, 0.25) is 0 Å². The van der Waals surface area contributed by atoms with E-state index in [4.69, 9.17) is 0 Å². The fraction of sp³-hybridized carbons (Fsp3) is 0.595. The number of hydrogen-bond acceptors (Lipinski definition) is 4. The Hall–Kier alpha value is -2.34. The third-order valence-corrected chi connectivity index (χ3v) is 10.4. The molecule has 0 heterocycles. The molecule has 2 aliphatic rings. The standard InChI is InChI=1S/C37H49F2NO2S/c1-4-23-40-34-25-32(16-11-26(34)2)36(42)24-28-7-5-8-29(17-12-28)30-9-6-10-31(19-18-30)35(41)22-15-27-13-20-33(21-14-27)43-37(3,38)39/h11,13-14,16,20-21,23,25,28-31H,4-10,12,15,17-19,22,24H2,1-3H3. The third kappa shape index (κ3) is 10.7. The van der Waals surface area contributed by atoms with Gasteiger partial charge in [0.15, 0.2) is 5.78 Å². The van der Waals surface area contributed by atoms with Crippen LogP contribution in [0.25, 0.3) is 0 Å². The Kier molecular flexibility index (Phi) is 12.6. The molecule has 0 aromatic heterocycles. The Balaban J connectivity index is 1.22. The molecule has 0 amide bonds. The first-order valence-corrected chi connectivity index (χ1v) is 17.3. The van der Waals surface area contributed by atoms with Gasteiger partial charge in [-0.2, -0.15) is 8.78 Å². The highest BCUT2D eigenvalue weighted by molar-refractivity contribution is 8.00. The molecule has 0 spiro atoms. The van der Waals surface area contributed by atoms with E-state index in [-0.39, 0.29) is 11.7 Å². The number of rotatable bonds is 12. The van der Waals surface area contributed by atoms with Crippen LogP contribution in [0.1, 0.15) is 119 Å². The molecule has 2 aromatic rings. The number of aliphatic imine (C=N–C) groups is 1. The summed E-state index contributed by atoms with van der Waals surface area (Å²) in [6.45, 7) is 5.01. The van der Waals surface area contributed by atoms with E-state index < -0.39 is 5.25 Å². The minimum absolute atomic E-state index is 0.149. The van der Waals surface area contributed by atoms with E-state index in [9.17, 15) is 18.4 Å². The second kappa shape index (κ2) is 16.1. The molecule has 0 aliphatic heterocycles. The zero-order valence-corrected chi connectivity index (χ0v) is 27.1. The van der Waals surface area contributed by atoms with E-state index in [1.54, 1.807) is 12.1 Å². The SMILES string of the molecule is CCC=Nc1cc(C(=O)CC2CCCC(C3CCCC(C(=O)CCc4ccc(SC(C)(F)F)cc4)CC3)CC2)ccc1C. The summed E-state index contributed by atoms with van der Waals surface area (Å²) in [5, 5.41) is -2.79. The lowest BCUT2D eigenvalue weighted by atomic mass is 9.80. The lowest BCUT2D eigenvalue weighted by Gasteiger charge is -2.25. The van der Waals surface area contributed by atoms with E-state index in [1.165, 1.54) is 25.7 Å². The monoisotopic (exact) mass is 609 g/mol. The largest absolute Gasteiger partial charge is 0.299 e. The molecule has 234 valence electrons. The van der Waals surface area contributed by atoms with Crippen LogP contribution in [0.5, 0.6) is 0 Å². The van der Waals surface area contributed by atoms with E-state index in [0.29, 0.717) is 59.5 Å². The van der Waals surface area contributed by atoms with Crippen molar-refractivity contribution in [3.8, 4) is 0 Å². The molecule has 4 rings (SSSR count). The van der Waals surface area contributed by atoms with Crippen LogP contribution in [0.3, 0.4) is 0 Å². The Bertz CT molecular complexity index is 1240. The molecule has 0 radical (unpaired) electrons. The quantitative estimate of drug-likeness (QED) is 0.104. The van der Waals surface area contributed by atoms with Crippen molar-refractivity contribution >= 4 is 35.2 Å². The van der Waals surface area contributed by atoms with Crippen molar-refractivity contribution in [3.05, 3.63) is 59.2 Å². The molecule has 2 saturated carbocycles. The molecular weight excluding hydrogens is 560 g/mol. The molecule has 3 nitrogen and oxygen atoms in total. The molecule has 2 aromatic carbocycles. The van der Waals surface area contributed by atoms with E-state index in [0.717, 1.165) is 74.2 Å². The average molecular weight is 610 g/mol. The Morgan fingerprint density at radius 2 is 1.63 bits per heavy atom. The number of hydrogen-bond donors (Lipinski definition) is 0. The van der Waals surface area contributed by atoms with E-state index in [1.807, 2.05) is 43.5 Å². The van der Waals surface area contributed by atoms with Gasteiger partial charge in [0.2, 0.25) is 0 Å². The van der Waals surface area contributed by atoms with Gasteiger partial charge >= 0.3 is 0 Å². The highest BCUT2D eigenvalue weighted by Gasteiger charge is 2.30. The second-order valence-electron chi connectivity index (χ2n) is 13.0. The van der Waals surface area contributed by atoms with Crippen LogP contribution < -0.4 is 0 Å². The second-order valence-corrected chi connectivity index (χ2v) is 14.4. The minimum atomic E-state index is -2.79. The molecule has 0 saturated heterocycles. The van der Waals surface area contributed by atoms with Crippen molar-refractivity contribution in [2.45, 2.75) is 121 Å². The smallest absolute Gasteiger partial charge is 0.295 e. The number of aryl methyl sites for hydroxylation is 2. The van der Waals surface area contributed by atoms with E-state index >= 15 is 0 Å². The number of carbonyl (C=O) groups excluding carboxylic acids is 2. The van der Waals surface area contributed by atoms with Crippen LogP contribution in [0.15, 0.2) is 52.4 Å². The lowest BCUT2D eigenvalue weighted by molar-refractivity contribution is -0.123. The van der Waals surface area contributed by atoms with Gasteiger partial charge in [-0.15, -0.1) is 0 Å². The van der Waals surface area contributed by atoms with Crippen molar-refractivity contribution in [2.75, 3.05) is 0 Å². The summed E-state index contributed by atoms with van der Waals surface area (Å²) in [6, 6.07) is 13.1. The van der Waals surface area contributed by atoms with Crippen LogP contribution in [-0.4, -0.2) is 23.0 Å². The van der Waals surface area contributed by atoms with Gasteiger partial charge in [-0.1, -0.05) is 75.1 Å². The lowest BCUT2D eigenvalue weighted by Crippen LogP contribution is -2.16. The van der Waals surface area contributed by atoms with Crippen molar-refractivity contribution < 1.29 is 18.4 Å². The fourth-order valence-electron chi connectivity index (χ4n) is 7.10. The van der Waals surface area contributed by atoms with Crippen LogP contribution in [-0.2, 0) is 11.2 Å². The molecule has 4 unspecified atom stereocenters. The maximum Gasteiger partial charge on any atom is 0.295 e. The number of alkyl halides is 2. The topological polar surface area (TPSA) is 46.5 Å². The van der Waals surface area contributed by atoms with Gasteiger partial charge < -0.3 is 0 Å². The average Bonchev–Trinajstić information content (AvgIpc) is 3.36. The highest BCUT2D eigenvalue weighted by Crippen LogP contribution is 2.41. The molecular formula is C37H49F2NO2S. The molecule has 0 N–H and O–H groups in total. The predicted octanol–water partition coefficient (Wildman–Crippen LogP) is 11.0. The van der Waals surface area contributed by atoms with Gasteiger partial charge in [0.25, 0.3) is 5.25 Å². The molecule has 4 atom stereocenters. The summed E-state index contributed by atoms with van der Waals surface area (Å²) in [5.41, 5.74) is 3.81. The summed E-state index contributed by atoms with van der Waals surface area (Å²) >= 11 is 0.557. The fourth-order valence-corrected chi connectivity index (χ4v) is 7.79. The maximum absolute atomic E-state index is 13.2. The van der Waals surface area contributed by atoms with Crippen molar-refractivity contribution in [1.29, 1.82) is 0 Å². The predicted molar refractivity (Wildman–Crippen MR) is 175 cm³/mol. The van der Waals surface area contributed by atoms with Crippen molar-refractivity contribution in [1.82, 2.24) is 0 Å². The molecule has 6 heteroatoms. The first kappa shape index (κ1) is 33.6. The summed E-state index contributed by atoms with van der Waals surface area (Å²) in [5.74, 6) is 2.59. The Labute approximate surface area is 261 Å². The number of Topliss-reactive ketones (excluding diaryl/α,β-unsaturated/α-hetero) is 2. The van der Waals surface area contributed by atoms with Gasteiger partial charge in [0, 0.05) is 42.4 Å². The zero-order chi connectivity index (χ0) is 30.8. The zero-order valence-electron chi connectivity index (χ0n) is 26.3. The van der Waals surface area contributed by atoms with E-state index in [2.05, 4.69) is 11.9 Å². The summed E-state index contributed by atoms with van der Waals surface area (Å²) in [6.07, 6.45) is 15.9. The number of ketones is 2. The summed E-state index contributed by atoms with van der Waals surface area (Å²) in [4.78, 5) is 31.4. The summed E-state index contributed by atoms with van der Waals surface area (Å²) in [7, 11) is 0. The number of nitrogens with zero attached hydrogens (tertiary/aromatic N) is 1. The molecule has 0 bridgehead atoms. The molecule has 2 aliphatic carbocycles. The van der Waals surface area contributed by atoms with Crippen LogP contribution in [0.4, 0.5) is 14.5 Å². The van der Waals surface area contributed by atoms with Crippen molar-refractivity contribution in [3.63, 3.8) is 0 Å². The van der Waals surface area contributed by atoms with Gasteiger partial charge in [0.1, 0.15) is 5.78 Å². The normalized spacial score (nSPS) is 23.6. The number of thioether (sulfide) groups is 1. The Morgan fingerprint density at radius 3 is 2.33 bits per heavy atom. The molecule has 2 fully saturated rings. The minimum Gasteiger partial charge on any atom is -0.299 e. The number of benzene rings is 2. The Morgan fingerprint density at radius 1 is 0.930 bits per heavy atom. The van der Waals surface area contributed by atoms with Crippen LogP contribution in [0, 0.1) is 30.6 Å². The van der Waals surface area contributed by atoms with Gasteiger partial charge in [-0.3, -0.25) is 14.6 Å². The third-order valence-electron chi connectivity index (χ3n) is 9.57. The van der Waals surface area contributed by atoms with Gasteiger partial charge in [-0.25, -0.2) is 0 Å². The first-order chi connectivity index (χ1) is 20.6. The number of halogens is 2. The van der Waals surface area contributed by atoms with Gasteiger partial charge in [-0.05, 0) is 98.9 Å².